The number of ether oxygens (including phenoxy) is 2. The van der Waals surface area contributed by atoms with Gasteiger partial charge in [0.05, 0.1) is 12.7 Å². The van der Waals surface area contributed by atoms with Crippen LogP contribution < -0.4 is 0 Å². The van der Waals surface area contributed by atoms with Crippen molar-refractivity contribution in [1.82, 2.24) is 0 Å². The highest BCUT2D eigenvalue weighted by Crippen LogP contribution is 2.26. The van der Waals surface area contributed by atoms with Gasteiger partial charge < -0.3 is 9.47 Å². The van der Waals surface area contributed by atoms with Crippen molar-refractivity contribution in [3.63, 3.8) is 0 Å². The highest BCUT2D eigenvalue weighted by Gasteiger charge is 2.37. The van der Waals surface area contributed by atoms with Crippen LogP contribution in [0.2, 0.25) is 0 Å². The average Bonchev–Trinajstić information content (AvgIpc) is 2.03. The van der Waals surface area contributed by atoms with Gasteiger partial charge in [0.2, 0.25) is 0 Å². The molecule has 12 heavy (non-hydrogen) atoms. The Morgan fingerprint density at radius 3 is 2.50 bits per heavy atom. The number of hydrogen-bond donors (Lipinski definition) is 0. The summed E-state index contributed by atoms with van der Waals surface area (Å²) in [6.45, 7) is 5.86. The van der Waals surface area contributed by atoms with Gasteiger partial charge in [-0.05, 0) is 20.8 Å². The normalized spacial score (nSPS) is 18.1. The first-order valence-electron chi connectivity index (χ1n) is 3.85. The fourth-order valence-electron chi connectivity index (χ4n) is 0.659. The molecular formula is C8H15IO3. The smallest absolute Gasteiger partial charge is 0.324 e. The van der Waals surface area contributed by atoms with Crippen molar-refractivity contribution in [2.24, 2.45) is 0 Å². The van der Waals surface area contributed by atoms with Crippen LogP contribution in [0.1, 0.15) is 20.8 Å². The molecule has 0 aromatic carbocycles. The Hall–Kier alpha value is 0.160. The van der Waals surface area contributed by atoms with E-state index in [0.29, 0.717) is 6.61 Å². The lowest BCUT2D eigenvalue weighted by atomic mass is 10.1. The maximum absolute atomic E-state index is 11.4. The van der Waals surface area contributed by atoms with Crippen molar-refractivity contribution in [3.05, 3.63) is 0 Å². The molecule has 0 aliphatic carbocycles. The molecule has 0 unspecified atom stereocenters. The first-order valence-corrected chi connectivity index (χ1v) is 4.93. The van der Waals surface area contributed by atoms with Crippen LogP contribution in [-0.2, 0) is 14.3 Å². The minimum Gasteiger partial charge on any atom is -0.465 e. The van der Waals surface area contributed by atoms with Gasteiger partial charge in [-0.25, -0.2) is 0 Å². The lowest BCUT2D eigenvalue weighted by molar-refractivity contribution is -0.148. The molecule has 0 bridgehead atoms. The Morgan fingerprint density at radius 2 is 2.17 bits per heavy atom. The summed E-state index contributed by atoms with van der Waals surface area (Å²) < 4.78 is 9.38. The quantitative estimate of drug-likeness (QED) is 0.449. The second-order valence-corrected chi connectivity index (χ2v) is 4.91. The van der Waals surface area contributed by atoms with Gasteiger partial charge in [-0.3, -0.25) is 4.79 Å². The molecule has 0 amide bonds. The predicted molar refractivity (Wildman–Crippen MR) is 55.5 cm³/mol. The van der Waals surface area contributed by atoms with Crippen molar-refractivity contribution in [2.45, 2.75) is 30.3 Å². The lowest BCUT2D eigenvalue weighted by Gasteiger charge is -2.25. The van der Waals surface area contributed by atoms with E-state index in [1.807, 2.05) is 6.92 Å². The number of carbonyl (C=O) groups excluding carboxylic acids is 1. The zero-order chi connectivity index (χ0) is 9.78. The van der Waals surface area contributed by atoms with Gasteiger partial charge in [0.15, 0.2) is 0 Å². The molecule has 3 nitrogen and oxygen atoms in total. The van der Waals surface area contributed by atoms with E-state index < -0.39 is 3.42 Å². The third kappa shape index (κ3) is 2.90. The molecule has 0 aliphatic heterocycles. The molecule has 72 valence electrons. The van der Waals surface area contributed by atoms with Crippen molar-refractivity contribution in [2.75, 3.05) is 13.7 Å². The van der Waals surface area contributed by atoms with Gasteiger partial charge in [-0.15, -0.1) is 0 Å². The zero-order valence-electron chi connectivity index (χ0n) is 7.89. The molecule has 0 N–H and O–H groups in total. The second-order valence-electron chi connectivity index (χ2n) is 2.67. The predicted octanol–water partition coefficient (Wildman–Crippen LogP) is 1.78. The van der Waals surface area contributed by atoms with E-state index in [0.717, 1.165) is 0 Å². The van der Waals surface area contributed by atoms with Crippen LogP contribution in [0.5, 0.6) is 0 Å². The van der Waals surface area contributed by atoms with Gasteiger partial charge in [-0.1, -0.05) is 22.6 Å². The summed E-state index contributed by atoms with van der Waals surface area (Å²) in [6, 6.07) is 0. The number of halogens is 1. The minimum absolute atomic E-state index is 0.142. The van der Waals surface area contributed by atoms with E-state index in [4.69, 9.17) is 9.47 Å². The Labute approximate surface area is 86.9 Å². The van der Waals surface area contributed by atoms with Gasteiger partial charge in [-0.2, -0.15) is 0 Å². The Morgan fingerprint density at radius 1 is 1.67 bits per heavy atom. The number of carbonyl (C=O) groups is 1. The molecule has 2 atom stereocenters. The van der Waals surface area contributed by atoms with Gasteiger partial charge in [0.25, 0.3) is 0 Å². The maximum Gasteiger partial charge on any atom is 0.324 e. The molecule has 0 saturated heterocycles. The Balaban J connectivity index is 4.27. The van der Waals surface area contributed by atoms with E-state index in [1.165, 1.54) is 0 Å². The molecule has 0 radical (unpaired) electrons. The monoisotopic (exact) mass is 286 g/mol. The van der Waals surface area contributed by atoms with Crippen molar-refractivity contribution in [3.8, 4) is 0 Å². The summed E-state index contributed by atoms with van der Waals surface area (Å²) in [5.41, 5.74) is 0. The second kappa shape index (κ2) is 5.01. The largest absolute Gasteiger partial charge is 0.465 e. The van der Waals surface area contributed by atoms with Crippen LogP contribution in [0.25, 0.3) is 0 Å². The third-order valence-electron chi connectivity index (χ3n) is 1.79. The topological polar surface area (TPSA) is 35.5 Å². The van der Waals surface area contributed by atoms with Crippen LogP contribution in [0.3, 0.4) is 0 Å². The highest BCUT2D eigenvalue weighted by molar-refractivity contribution is 14.1. The first kappa shape index (κ1) is 12.2. The molecule has 0 heterocycles. The molecule has 0 aromatic heterocycles. The summed E-state index contributed by atoms with van der Waals surface area (Å²) in [5, 5.41) is 0. The summed E-state index contributed by atoms with van der Waals surface area (Å²) in [7, 11) is 1.58. The van der Waals surface area contributed by atoms with E-state index in [1.54, 1.807) is 21.0 Å². The standard InChI is InChI=1S/C8H15IO3/c1-5-12-7(10)8(3,9)6(2)11-4/h6H,5H2,1-4H3/t6-,8-/m0/s1. The molecule has 0 rings (SSSR count). The van der Waals surface area contributed by atoms with Crippen molar-refractivity contribution in [1.29, 1.82) is 0 Å². The fourth-order valence-corrected chi connectivity index (χ4v) is 1.07. The van der Waals surface area contributed by atoms with Crippen molar-refractivity contribution < 1.29 is 14.3 Å². The number of alkyl halides is 1. The summed E-state index contributed by atoms with van der Waals surface area (Å²) >= 11 is 2.05. The lowest BCUT2D eigenvalue weighted by Crippen LogP contribution is -2.41. The van der Waals surface area contributed by atoms with Crippen LogP contribution >= 0.6 is 22.6 Å². The summed E-state index contributed by atoms with van der Waals surface area (Å²) in [5.74, 6) is -0.222. The van der Waals surface area contributed by atoms with E-state index in [-0.39, 0.29) is 12.1 Å². The zero-order valence-corrected chi connectivity index (χ0v) is 10.0. The number of esters is 1. The SMILES string of the molecule is CCOC(=O)[C@@](C)(I)[C@H](C)OC. The number of methoxy groups -OCH3 is 1. The molecule has 0 aromatic rings. The van der Waals surface area contributed by atoms with Crippen LogP contribution in [0.15, 0.2) is 0 Å². The maximum atomic E-state index is 11.4. The molecule has 0 fully saturated rings. The molecule has 0 saturated carbocycles. The van der Waals surface area contributed by atoms with Gasteiger partial charge >= 0.3 is 5.97 Å². The molecule has 4 heteroatoms. The Kier molecular flexibility index (Phi) is 5.08. The third-order valence-corrected chi connectivity index (χ3v) is 3.11. The molecule has 0 aliphatic rings. The minimum atomic E-state index is -0.595. The summed E-state index contributed by atoms with van der Waals surface area (Å²) in [6.07, 6.45) is -0.142. The van der Waals surface area contributed by atoms with Gasteiger partial charge in [0.1, 0.15) is 3.42 Å². The van der Waals surface area contributed by atoms with E-state index >= 15 is 0 Å². The molecule has 0 spiro atoms. The average molecular weight is 286 g/mol. The van der Waals surface area contributed by atoms with Crippen LogP contribution in [0.4, 0.5) is 0 Å². The fraction of sp³-hybridized carbons (Fsp3) is 0.875. The number of rotatable bonds is 4. The van der Waals surface area contributed by atoms with Crippen LogP contribution in [0, 0.1) is 0 Å². The Bertz CT molecular complexity index is 156. The van der Waals surface area contributed by atoms with Crippen LogP contribution in [-0.4, -0.2) is 29.2 Å². The van der Waals surface area contributed by atoms with E-state index in [9.17, 15) is 4.79 Å². The van der Waals surface area contributed by atoms with Gasteiger partial charge in [0, 0.05) is 7.11 Å². The van der Waals surface area contributed by atoms with E-state index in [2.05, 4.69) is 22.6 Å². The first-order chi connectivity index (χ1) is 5.46. The van der Waals surface area contributed by atoms with Crippen molar-refractivity contribution >= 4 is 28.6 Å². The number of hydrogen-bond acceptors (Lipinski definition) is 3. The highest BCUT2D eigenvalue weighted by atomic mass is 127. The summed E-state index contributed by atoms with van der Waals surface area (Å²) in [4.78, 5) is 11.4. The molecular weight excluding hydrogens is 271 g/mol.